The number of benzene rings is 1. The maximum absolute atomic E-state index is 5.75. The van der Waals surface area contributed by atoms with Crippen LogP contribution >= 0.6 is 11.8 Å². The van der Waals surface area contributed by atoms with Crippen molar-refractivity contribution >= 4 is 17.4 Å². The number of nitrogens with zero attached hydrogens (tertiary/aromatic N) is 2. The van der Waals surface area contributed by atoms with Crippen molar-refractivity contribution in [3.63, 3.8) is 0 Å². The van der Waals surface area contributed by atoms with E-state index in [0.717, 1.165) is 17.1 Å². The zero-order chi connectivity index (χ0) is 13.1. The van der Waals surface area contributed by atoms with Crippen LogP contribution in [0.2, 0.25) is 0 Å². The minimum atomic E-state index is 0.419. The van der Waals surface area contributed by atoms with Gasteiger partial charge in [-0.25, -0.2) is 0 Å². The molecule has 2 N–H and O–H groups in total. The molecule has 0 bridgehead atoms. The van der Waals surface area contributed by atoms with Gasteiger partial charge in [-0.1, -0.05) is 0 Å². The van der Waals surface area contributed by atoms with Crippen molar-refractivity contribution in [1.29, 1.82) is 0 Å². The van der Waals surface area contributed by atoms with Crippen LogP contribution in [-0.4, -0.2) is 9.78 Å². The lowest BCUT2D eigenvalue weighted by Crippen LogP contribution is -2.01. The molecule has 0 amide bonds. The van der Waals surface area contributed by atoms with E-state index < -0.39 is 0 Å². The molecule has 0 spiro atoms. The quantitative estimate of drug-likeness (QED) is 0.675. The molecule has 2 rings (SSSR count). The third-order valence-corrected chi connectivity index (χ3v) is 3.98. The highest BCUT2D eigenvalue weighted by Gasteiger charge is 2.04. The predicted octanol–water partition coefficient (Wildman–Crippen LogP) is 3.65. The van der Waals surface area contributed by atoms with Crippen LogP contribution in [0, 0.1) is 6.92 Å². The second-order valence-corrected chi connectivity index (χ2v) is 5.71. The highest BCUT2D eigenvalue weighted by atomic mass is 32.2. The van der Waals surface area contributed by atoms with Crippen molar-refractivity contribution in [2.75, 3.05) is 5.73 Å². The first kappa shape index (κ1) is 13.0. The van der Waals surface area contributed by atoms with E-state index >= 15 is 0 Å². The molecule has 1 aromatic heterocycles. The fourth-order valence-corrected chi connectivity index (χ4v) is 2.64. The topological polar surface area (TPSA) is 43.8 Å². The number of aromatic nitrogens is 2. The molecule has 1 heterocycles. The van der Waals surface area contributed by atoms with Gasteiger partial charge in [0.15, 0.2) is 0 Å². The zero-order valence-corrected chi connectivity index (χ0v) is 11.9. The Kier molecular flexibility index (Phi) is 3.97. The number of nitrogen functional groups attached to an aromatic ring is 1. The second kappa shape index (κ2) is 5.48. The van der Waals surface area contributed by atoms with Crippen molar-refractivity contribution in [2.45, 2.75) is 37.5 Å². The van der Waals surface area contributed by atoms with E-state index in [1.165, 1.54) is 10.5 Å². The summed E-state index contributed by atoms with van der Waals surface area (Å²) in [4.78, 5) is 1.27. The Hall–Kier alpha value is -1.42. The summed E-state index contributed by atoms with van der Waals surface area (Å²) in [6.07, 6.45) is 2.04. The van der Waals surface area contributed by atoms with Gasteiger partial charge in [-0.05, 0) is 50.6 Å². The smallest absolute Gasteiger partial charge is 0.0727 e. The highest BCUT2D eigenvalue weighted by Crippen LogP contribution is 2.26. The van der Waals surface area contributed by atoms with Gasteiger partial charge in [-0.2, -0.15) is 5.10 Å². The van der Waals surface area contributed by atoms with Gasteiger partial charge in [0.2, 0.25) is 0 Å². The average Bonchev–Trinajstić information content (AvgIpc) is 2.76. The Morgan fingerprint density at radius 2 is 2.11 bits per heavy atom. The molecule has 0 fully saturated rings. The molecular weight excluding hydrogens is 242 g/mol. The first-order valence-electron chi connectivity index (χ1n) is 6.09. The Balaban J connectivity index is 2.02. The molecule has 0 unspecified atom stereocenters. The number of rotatable bonds is 4. The summed E-state index contributed by atoms with van der Waals surface area (Å²) < 4.78 is 1.99. The second-order valence-electron chi connectivity index (χ2n) is 4.69. The van der Waals surface area contributed by atoms with Crippen LogP contribution < -0.4 is 5.73 Å². The van der Waals surface area contributed by atoms with E-state index in [9.17, 15) is 0 Å². The normalized spacial score (nSPS) is 11.1. The van der Waals surface area contributed by atoms with Gasteiger partial charge >= 0.3 is 0 Å². The van der Waals surface area contributed by atoms with E-state index in [4.69, 9.17) is 5.73 Å². The third kappa shape index (κ3) is 3.07. The minimum absolute atomic E-state index is 0.419. The fourth-order valence-electron chi connectivity index (χ4n) is 1.73. The number of hydrogen-bond donors (Lipinski definition) is 1. The van der Waals surface area contributed by atoms with Gasteiger partial charge in [0.1, 0.15) is 0 Å². The molecule has 0 aliphatic carbocycles. The Bertz CT molecular complexity index is 532. The van der Waals surface area contributed by atoms with Crippen molar-refractivity contribution in [3.05, 3.63) is 41.7 Å². The molecule has 0 saturated carbocycles. The van der Waals surface area contributed by atoms with Gasteiger partial charge in [-0.15, -0.1) is 11.8 Å². The Labute approximate surface area is 112 Å². The molecule has 18 heavy (non-hydrogen) atoms. The van der Waals surface area contributed by atoms with Crippen LogP contribution in [0.5, 0.6) is 0 Å². The molecule has 96 valence electrons. The number of nitrogens with two attached hydrogens (primary N) is 1. The number of hydrogen-bond acceptors (Lipinski definition) is 3. The van der Waals surface area contributed by atoms with Crippen LogP contribution in [0.1, 0.15) is 31.1 Å². The molecular formula is C14H19N3S. The van der Waals surface area contributed by atoms with Gasteiger partial charge in [0, 0.05) is 28.6 Å². The summed E-state index contributed by atoms with van der Waals surface area (Å²) in [7, 11) is 0. The summed E-state index contributed by atoms with van der Waals surface area (Å²) in [5.74, 6) is 0.893. The van der Waals surface area contributed by atoms with E-state index in [1.54, 1.807) is 11.8 Å². The predicted molar refractivity (Wildman–Crippen MR) is 77.8 cm³/mol. The zero-order valence-electron chi connectivity index (χ0n) is 11.1. The van der Waals surface area contributed by atoms with Crippen LogP contribution in [-0.2, 0) is 5.75 Å². The lowest BCUT2D eigenvalue weighted by Gasteiger charge is -2.06. The molecule has 0 saturated heterocycles. The van der Waals surface area contributed by atoms with Gasteiger partial charge in [0.25, 0.3) is 0 Å². The van der Waals surface area contributed by atoms with Crippen molar-refractivity contribution in [3.8, 4) is 0 Å². The number of aryl methyl sites for hydroxylation is 1. The van der Waals surface area contributed by atoms with Crippen molar-refractivity contribution < 1.29 is 0 Å². The van der Waals surface area contributed by atoms with Crippen LogP contribution in [0.3, 0.4) is 0 Å². The van der Waals surface area contributed by atoms with E-state index in [-0.39, 0.29) is 0 Å². The largest absolute Gasteiger partial charge is 0.399 e. The number of thioether (sulfide) groups is 1. The monoisotopic (exact) mass is 261 g/mol. The minimum Gasteiger partial charge on any atom is -0.399 e. The standard InChI is InChI=1S/C14H19N3S/c1-10(2)17-7-6-13(16-17)9-18-14-5-4-12(15)8-11(14)3/h4-8,10H,9,15H2,1-3H3. The lowest BCUT2D eigenvalue weighted by atomic mass is 10.2. The maximum Gasteiger partial charge on any atom is 0.0727 e. The van der Waals surface area contributed by atoms with Gasteiger partial charge < -0.3 is 5.73 Å². The maximum atomic E-state index is 5.75. The highest BCUT2D eigenvalue weighted by molar-refractivity contribution is 7.98. The lowest BCUT2D eigenvalue weighted by molar-refractivity contribution is 0.529. The summed E-state index contributed by atoms with van der Waals surface area (Å²) >= 11 is 1.80. The number of anilines is 1. The summed E-state index contributed by atoms with van der Waals surface area (Å²) in [6.45, 7) is 6.35. The molecule has 0 aliphatic rings. The van der Waals surface area contributed by atoms with Crippen LogP contribution in [0.25, 0.3) is 0 Å². The van der Waals surface area contributed by atoms with Crippen molar-refractivity contribution in [1.82, 2.24) is 9.78 Å². The Morgan fingerprint density at radius 3 is 2.72 bits per heavy atom. The van der Waals surface area contributed by atoms with E-state index in [1.807, 2.05) is 23.0 Å². The molecule has 2 aromatic rings. The first-order valence-corrected chi connectivity index (χ1v) is 7.08. The molecule has 4 heteroatoms. The average molecular weight is 261 g/mol. The molecule has 0 aliphatic heterocycles. The van der Waals surface area contributed by atoms with Gasteiger partial charge in [-0.3, -0.25) is 4.68 Å². The third-order valence-electron chi connectivity index (χ3n) is 2.77. The summed E-state index contributed by atoms with van der Waals surface area (Å²) in [6, 6.07) is 8.54. The summed E-state index contributed by atoms with van der Waals surface area (Å²) in [5.41, 5.74) is 8.91. The SMILES string of the molecule is Cc1cc(N)ccc1SCc1ccn(C(C)C)n1. The molecule has 1 aromatic carbocycles. The van der Waals surface area contributed by atoms with Gasteiger partial charge in [0.05, 0.1) is 5.69 Å². The Morgan fingerprint density at radius 1 is 1.33 bits per heavy atom. The van der Waals surface area contributed by atoms with Crippen LogP contribution in [0.15, 0.2) is 35.4 Å². The molecule has 3 nitrogen and oxygen atoms in total. The van der Waals surface area contributed by atoms with Crippen molar-refractivity contribution in [2.24, 2.45) is 0 Å². The molecule has 0 atom stereocenters. The van der Waals surface area contributed by atoms with Crippen LogP contribution in [0.4, 0.5) is 5.69 Å². The van der Waals surface area contributed by atoms with E-state index in [2.05, 4.69) is 38.0 Å². The summed E-state index contributed by atoms with van der Waals surface area (Å²) in [5, 5.41) is 4.54. The fraction of sp³-hybridized carbons (Fsp3) is 0.357. The first-order chi connectivity index (χ1) is 8.56. The van der Waals surface area contributed by atoms with E-state index in [0.29, 0.717) is 6.04 Å². The molecule has 0 radical (unpaired) electrons.